The standard InChI is InChI=1S/C23H28N4O4.C3H6O3/c1-28-20-14-16(22-24-8-9-25-22)4-6-18(20)30-12-3-13-31-19-7-5-17(15-21(19)29-2)23-26-10-11-27-23;1-2(4)3(5)6/h4-7,14-15H,3,8-13H2,1-2H3,(H,24,25)(H,26,27);2,4H,1H3,(H,5,6). The number of aliphatic carboxylic acids is 1. The summed E-state index contributed by atoms with van der Waals surface area (Å²) in [5, 5.41) is 22.3. The number of amidine groups is 2. The van der Waals surface area contributed by atoms with Gasteiger partial charge in [-0.2, -0.15) is 0 Å². The number of nitrogens with zero attached hydrogens (tertiary/aromatic N) is 2. The van der Waals surface area contributed by atoms with Crippen LogP contribution in [0.15, 0.2) is 46.4 Å². The van der Waals surface area contributed by atoms with Crippen LogP contribution in [0.5, 0.6) is 23.0 Å². The zero-order valence-corrected chi connectivity index (χ0v) is 21.3. The van der Waals surface area contributed by atoms with Crippen LogP contribution in [-0.4, -0.2) is 87.6 Å². The van der Waals surface area contributed by atoms with Crippen LogP contribution in [0.2, 0.25) is 0 Å². The molecule has 4 N–H and O–H groups in total. The van der Waals surface area contributed by atoms with Crippen molar-refractivity contribution in [3.05, 3.63) is 47.5 Å². The number of nitrogens with one attached hydrogen (secondary N) is 2. The Labute approximate surface area is 216 Å². The number of aliphatic hydroxyl groups excluding tert-OH is 1. The average Bonchev–Trinajstić information content (AvgIpc) is 3.64. The molecule has 0 aliphatic carbocycles. The lowest BCUT2D eigenvalue weighted by Crippen LogP contribution is -2.19. The van der Waals surface area contributed by atoms with Gasteiger partial charge in [0.1, 0.15) is 17.8 Å². The van der Waals surface area contributed by atoms with Crippen LogP contribution in [0.25, 0.3) is 0 Å². The van der Waals surface area contributed by atoms with Crippen molar-refractivity contribution < 1.29 is 34.0 Å². The van der Waals surface area contributed by atoms with E-state index in [0.717, 1.165) is 55.4 Å². The van der Waals surface area contributed by atoms with E-state index in [-0.39, 0.29) is 0 Å². The van der Waals surface area contributed by atoms with Gasteiger partial charge in [-0.05, 0) is 43.3 Å². The normalized spacial score (nSPS) is 14.7. The number of carboxylic acid groups (broad SMARTS) is 1. The number of rotatable bonds is 11. The Bertz CT molecular complexity index is 1040. The van der Waals surface area contributed by atoms with E-state index in [0.29, 0.717) is 36.2 Å². The number of aliphatic imine (C=N–C) groups is 2. The molecule has 0 saturated carbocycles. The first-order valence-electron chi connectivity index (χ1n) is 12.0. The largest absolute Gasteiger partial charge is 0.493 e. The van der Waals surface area contributed by atoms with Gasteiger partial charge < -0.3 is 39.8 Å². The summed E-state index contributed by atoms with van der Waals surface area (Å²) in [5.41, 5.74) is 2.00. The van der Waals surface area contributed by atoms with Gasteiger partial charge in [-0.3, -0.25) is 9.98 Å². The van der Waals surface area contributed by atoms with Crippen LogP contribution < -0.4 is 29.6 Å². The van der Waals surface area contributed by atoms with E-state index in [2.05, 4.69) is 20.6 Å². The van der Waals surface area contributed by atoms with Crippen LogP contribution in [0.3, 0.4) is 0 Å². The molecule has 200 valence electrons. The van der Waals surface area contributed by atoms with E-state index >= 15 is 0 Å². The Morgan fingerprint density at radius 2 is 1.30 bits per heavy atom. The Morgan fingerprint density at radius 3 is 1.62 bits per heavy atom. The lowest BCUT2D eigenvalue weighted by atomic mass is 10.2. The summed E-state index contributed by atoms with van der Waals surface area (Å²) in [6.07, 6.45) is -0.511. The first-order valence-corrected chi connectivity index (χ1v) is 12.0. The fourth-order valence-electron chi connectivity index (χ4n) is 3.47. The predicted octanol–water partition coefficient (Wildman–Crippen LogP) is 1.70. The maximum atomic E-state index is 9.45. The van der Waals surface area contributed by atoms with Crippen molar-refractivity contribution in [3.63, 3.8) is 0 Å². The van der Waals surface area contributed by atoms with Crippen LogP contribution >= 0.6 is 0 Å². The molecule has 0 amide bonds. The smallest absolute Gasteiger partial charge is 0.332 e. The van der Waals surface area contributed by atoms with Crippen LogP contribution in [-0.2, 0) is 4.79 Å². The number of methoxy groups -OCH3 is 2. The minimum atomic E-state index is -1.23. The molecule has 37 heavy (non-hydrogen) atoms. The maximum absolute atomic E-state index is 9.45. The van der Waals surface area contributed by atoms with Gasteiger partial charge in [0.2, 0.25) is 0 Å². The molecule has 0 aromatic heterocycles. The van der Waals surface area contributed by atoms with E-state index in [4.69, 9.17) is 29.2 Å². The third-order valence-corrected chi connectivity index (χ3v) is 5.38. The van der Waals surface area contributed by atoms with Crippen molar-refractivity contribution in [3.8, 4) is 23.0 Å². The first-order chi connectivity index (χ1) is 17.9. The highest BCUT2D eigenvalue weighted by Gasteiger charge is 2.14. The molecular formula is C26H34N4O7. The Balaban J connectivity index is 0.000000568. The van der Waals surface area contributed by atoms with E-state index in [9.17, 15) is 4.79 Å². The lowest BCUT2D eigenvalue weighted by molar-refractivity contribution is -0.145. The first kappa shape index (κ1) is 27.6. The highest BCUT2D eigenvalue weighted by Crippen LogP contribution is 2.30. The van der Waals surface area contributed by atoms with Gasteiger partial charge in [-0.15, -0.1) is 0 Å². The quantitative estimate of drug-likeness (QED) is 0.330. The summed E-state index contributed by atoms with van der Waals surface area (Å²) in [7, 11) is 3.28. The van der Waals surface area contributed by atoms with Crippen molar-refractivity contribution in [2.24, 2.45) is 9.98 Å². The number of ether oxygens (including phenoxy) is 4. The second-order valence-electron chi connectivity index (χ2n) is 8.11. The molecule has 1 unspecified atom stereocenters. The minimum absolute atomic E-state index is 0.510. The minimum Gasteiger partial charge on any atom is -0.493 e. The lowest BCUT2D eigenvalue weighted by Gasteiger charge is -2.14. The highest BCUT2D eigenvalue weighted by molar-refractivity contribution is 6.00. The molecule has 4 rings (SSSR count). The third-order valence-electron chi connectivity index (χ3n) is 5.38. The van der Waals surface area contributed by atoms with Gasteiger partial charge in [0.15, 0.2) is 23.0 Å². The molecule has 0 saturated heterocycles. The monoisotopic (exact) mass is 514 g/mol. The summed E-state index contributed by atoms with van der Waals surface area (Å²) >= 11 is 0. The summed E-state index contributed by atoms with van der Waals surface area (Å²) in [5.74, 6) is 3.40. The number of hydrogen-bond donors (Lipinski definition) is 4. The van der Waals surface area contributed by atoms with Crippen molar-refractivity contribution in [2.45, 2.75) is 19.4 Å². The topological polar surface area (TPSA) is 143 Å². The molecule has 0 spiro atoms. The number of aliphatic hydroxyl groups is 1. The average molecular weight is 515 g/mol. The Kier molecular flexibility index (Phi) is 10.4. The molecule has 0 radical (unpaired) electrons. The molecule has 11 nitrogen and oxygen atoms in total. The van der Waals surface area contributed by atoms with E-state index in [1.165, 1.54) is 6.92 Å². The summed E-state index contributed by atoms with van der Waals surface area (Å²) in [6.45, 7) is 5.56. The summed E-state index contributed by atoms with van der Waals surface area (Å²) in [4.78, 5) is 18.3. The summed E-state index contributed by atoms with van der Waals surface area (Å²) < 4.78 is 22.8. The predicted molar refractivity (Wildman–Crippen MR) is 140 cm³/mol. The second kappa shape index (κ2) is 13.9. The Morgan fingerprint density at radius 1 is 0.865 bits per heavy atom. The molecule has 2 aliphatic rings. The SMILES string of the molecule is CC(O)C(=O)O.COc1cc(C2=NCCN2)ccc1OCCCOc1ccc(C2=NCCN2)cc1OC. The summed E-state index contributed by atoms with van der Waals surface area (Å²) in [6, 6.07) is 11.7. The maximum Gasteiger partial charge on any atom is 0.332 e. The Hall–Kier alpha value is -3.99. The molecule has 0 bridgehead atoms. The number of carbonyl (C=O) groups is 1. The molecule has 11 heteroatoms. The third kappa shape index (κ3) is 8.01. The number of hydrogen-bond acceptors (Lipinski definition) is 10. The molecule has 0 fully saturated rings. The van der Waals surface area contributed by atoms with Crippen molar-refractivity contribution >= 4 is 17.6 Å². The molecule has 2 aromatic rings. The highest BCUT2D eigenvalue weighted by atomic mass is 16.5. The van der Waals surface area contributed by atoms with E-state index in [1.807, 2.05) is 36.4 Å². The van der Waals surface area contributed by atoms with Crippen LogP contribution in [0.1, 0.15) is 24.5 Å². The zero-order valence-electron chi connectivity index (χ0n) is 21.3. The van der Waals surface area contributed by atoms with Crippen molar-refractivity contribution in [1.29, 1.82) is 0 Å². The van der Waals surface area contributed by atoms with Gasteiger partial charge in [-0.1, -0.05) is 0 Å². The molecule has 1 atom stereocenters. The van der Waals surface area contributed by atoms with Gasteiger partial charge in [0.05, 0.1) is 40.5 Å². The van der Waals surface area contributed by atoms with E-state index < -0.39 is 12.1 Å². The zero-order chi connectivity index (χ0) is 26.6. The van der Waals surface area contributed by atoms with Gasteiger partial charge >= 0.3 is 5.97 Å². The number of carboxylic acids is 1. The van der Waals surface area contributed by atoms with Gasteiger partial charge in [0.25, 0.3) is 0 Å². The van der Waals surface area contributed by atoms with Gasteiger partial charge in [-0.25, -0.2) is 4.79 Å². The van der Waals surface area contributed by atoms with Crippen LogP contribution in [0.4, 0.5) is 0 Å². The van der Waals surface area contributed by atoms with Crippen molar-refractivity contribution in [2.75, 3.05) is 53.6 Å². The van der Waals surface area contributed by atoms with Crippen molar-refractivity contribution in [1.82, 2.24) is 10.6 Å². The molecule has 2 aliphatic heterocycles. The van der Waals surface area contributed by atoms with Crippen LogP contribution in [0, 0.1) is 0 Å². The fourth-order valence-corrected chi connectivity index (χ4v) is 3.47. The second-order valence-corrected chi connectivity index (χ2v) is 8.11. The molecule has 2 aromatic carbocycles. The molecule has 2 heterocycles. The van der Waals surface area contributed by atoms with Gasteiger partial charge in [0, 0.05) is 30.6 Å². The number of benzene rings is 2. The molecular weight excluding hydrogens is 480 g/mol. The fraction of sp³-hybridized carbons (Fsp3) is 0.423. The van der Waals surface area contributed by atoms with E-state index in [1.54, 1.807) is 14.2 Å².